The third-order valence-electron chi connectivity index (χ3n) is 4.00. The number of carbonyl (C=O) groups excluding carboxylic acids is 1. The van der Waals surface area contributed by atoms with Crippen molar-refractivity contribution in [3.63, 3.8) is 0 Å². The summed E-state index contributed by atoms with van der Waals surface area (Å²) in [4.78, 5) is 11.9. The molecule has 1 N–H and O–H groups in total. The first-order valence-corrected chi connectivity index (χ1v) is 6.28. The first-order valence-electron chi connectivity index (χ1n) is 6.28. The molecule has 0 radical (unpaired) electrons. The van der Waals surface area contributed by atoms with Gasteiger partial charge in [0.05, 0.1) is 13.2 Å². The molecule has 17 heavy (non-hydrogen) atoms. The van der Waals surface area contributed by atoms with Crippen LogP contribution in [0.5, 0.6) is 5.75 Å². The Morgan fingerprint density at radius 1 is 1.29 bits per heavy atom. The fourth-order valence-electron chi connectivity index (χ4n) is 3.09. The number of nitrogens with one attached hydrogen (secondary N) is 1. The summed E-state index contributed by atoms with van der Waals surface area (Å²) in [6, 6.07) is 6.06. The molecular formula is C14H17NO2. The number of fused-ring (bicyclic) bond motifs is 1. The average molecular weight is 231 g/mol. The molecule has 3 heteroatoms. The molecule has 0 bridgehead atoms. The van der Waals surface area contributed by atoms with Crippen LogP contribution in [0.2, 0.25) is 0 Å². The third kappa shape index (κ3) is 1.70. The molecule has 1 aliphatic carbocycles. The van der Waals surface area contributed by atoms with Crippen LogP contribution >= 0.6 is 0 Å². The fraction of sp³-hybridized carbons (Fsp3) is 0.500. The van der Waals surface area contributed by atoms with E-state index in [1.807, 2.05) is 18.2 Å². The van der Waals surface area contributed by atoms with Crippen molar-refractivity contribution in [3.05, 3.63) is 29.3 Å². The number of hydrogen-bond acceptors (Lipinski definition) is 2. The quantitative estimate of drug-likeness (QED) is 0.849. The predicted octanol–water partition coefficient (Wildman–Crippen LogP) is 2.67. The highest BCUT2D eigenvalue weighted by atomic mass is 16.5. The Bertz CT molecular complexity index is 450. The molecule has 1 unspecified atom stereocenters. The minimum atomic E-state index is 0.0517. The van der Waals surface area contributed by atoms with Crippen molar-refractivity contribution in [1.82, 2.24) is 5.32 Å². The number of benzene rings is 1. The lowest BCUT2D eigenvalue weighted by molar-refractivity contribution is 0.0946. The van der Waals surface area contributed by atoms with Crippen molar-refractivity contribution in [2.75, 3.05) is 7.11 Å². The van der Waals surface area contributed by atoms with E-state index in [1.165, 1.54) is 25.7 Å². The van der Waals surface area contributed by atoms with Crippen molar-refractivity contribution >= 4 is 5.91 Å². The van der Waals surface area contributed by atoms with Gasteiger partial charge in [0.2, 0.25) is 0 Å². The lowest BCUT2D eigenvalue weighted by Crippen LogP contribution is -2.24. The Morgan fingerprint density at radius 2 is 2.06 bits per heavy atom. The molecule has 1 saturated carbocycles. The van der Waals surface area contributed by atoms with E-state index >= 15 is 0 Å². The van der Waals surface area contributed by atoms with Gasteiger partial charge in [-0.25, -0.2) is 0 Å². The van der Waals surface area contributed by atoms with Gasteiger partial charge < -0.3 is 10.1 Å². The van der Waals surface area contributed by atoms with Crippen molar-refractivity contribution in [2.24, 2.45) is 5.92 Å². The summed E-state index contributed by atoms with van der Waals surface area (Å²) in [6.45, 7) is 0. The van der Waals surface area contributed by atoms with Gasteiger partial charge in [-0.05, 0) is 36.5 Å². The Morgan fingerprint density at radius 3 is 2.76 bits per heavy atom. The van der Waals surface area contributed by atoms with E-state index in [0.29, 0.717) is 5.92 Å². The van der Waals surface area contributed by atoms with Crippen molar-refractivity contribution < 1.29 is 9.53 Å². The van der Waals surface area contributed by atoms with Crippen LogP contribution in [0.25, 0.3) is 0 Å². The number of rotatable bonds is 2. The monoisotopic (exact) mass is 231 g/mol. The molecule has 1 aliphatic heterocycles. The second-order valence-corrected chi connectivity index (χ2v) is 4.95. The van der Waals surface area contributed by atoms with E-state index in [4.69, 9.17) is 4.74 Å². The lowest BCUT2D eigenvalue weighted by Gasteiger charge is -2.19. The van der Waals surface area contributed by atoms with Gasteiger partial charge in [-0.2, -0.15) is 0 Å². The number of hydrogen-bond donors (Lipinski definition) is 1. The molecular weight excluding hydrogens is 214 g/mol. The summed E-state index contributed by atoms with van der Waals surface area (Å²) in [6.07, 6.45) is 5.05. The van der Waals surface area contributed by atoms with Crippen LogP contribution < -0.4 is 10.1 Å². The first-order chi connectivity index (χ1) is 8.29. The molecule has 1 heterocycles. The van der Waals surface area contributed by atoms with Gasteiger partial charge in [-0.15, -0.1) is 0 Å². The summed E-state index contributed by atoms with van der Waals surface area (Å²) in [7, 11) is 1.63. The normalized spacial score (nSPS) is 23.6. The van der Waals surface area contributed by atoms with Crippen LogP contribution in [0.15, 0.2) is 18.2 Å². The van der Waals surface area contributed by atoms with E-state index in [0.717, 1.165) is 16.9 Å². The summed E-state index contributed by atoms with van der Waals surface area (Å²) in [5.41, 5.74) is 1.95. The van der Waals surface area contributed by atoms with Gasteiger partial charge in [0.25, 0.3) is 5.91 Å². The van der Waals surface area contributed by atoms with Crippen molar-refractivity contribution in [3.8, 4) is 5.75 Å². The highest BCUT2D eigenvalue weighted by molar-refractivity contribution is 5.99. The van der Waals surface area contributed by atoms with Crippen LogP contribution in [-0.4, -0.2) is 13.0 Å². The second kappa shape index (κ2) is 4.06. The minimum Gasteiger partial charge on any atom is -0.497 e. The van der Waals surface area contributed by atoms with Crippen molar-refractivity contribution in [2.45, 2.75) is 31.7 Å². The zero-order chi connectivity index (χ0) is 11.8. The number of ether oxygens (including phenoxy) is 1. The van der Waals surface area contributed by atoms with E-state index < -0.39 is 0 Å². The smallest absolute Gasteiger partial charge is 0.252 e. The number of methoxy groups -OCH3 is 1. The summed E-state index contributed by atoms with van der Waals surface area (Å²) in [5.74, 6) is 1.43. The fourth-order valence-corrected chi connectivity index (χ4v) is 3.09. The summed E-state index contributed by atoms with van der Waals surface area (Å²) < 4.78 is 5.17. The zero-order valence-corrected chi connectivity index (χ0v) is 10.0. The van der Waals surface area contributed by atoms with E-state index in [2.05, 4.69) is 5.32 Å². The zero-order valence-electron chi connectivity index (χ0n) is 10.0. The number of carbonyl (C=O) groups is 1. The maximum Gasteiger partial charge on any atom is 0.252 e. The maximum atomic E-state index is 11.9. The van der Waals surface area contributed by atoms with Gasteiger partial charge in [-0.1, -0.05) is 18.9 Å². The molecule has 1 amide bonds. The highest BCUT2D eigenvalue weighted by Crippen LogP contribution is 2.40. The van der Waals surface area contributed by atoms with E-state index in [1.54, 1.807) is 7.11 Å². The molecule has 1 fully saturated rings. The molecule has 0 aromatic heterocycles. The highest BCUT2D eigenvalue weighted by Gasteiger charge is 2.35. The molecule has 0 saturated heterocycles. The Hall–Kier alpha value is -1.51. The molecule has 1 aromatic carbocycles. The van der Waals surface area contributed by atoms with E-state index in [9.17, 15) is 4.79 Å². The average Bonchev–Trinajstić information content (AvgIpc) is 2.97. The SMILES string of the molecule is COc1ccc2c(c1)C(=O)NC2C1CCCC1. The topological polar surface area (TPSA) is 38.3 Å². The van der Waals surface area contributed by atoms with Crippen LogP contribution in [0.3, 0.4) is 0 Å². The molecule has 3 rings (SSSR count). The van der Waals surface area contributed by atoms with E-state index in [-0.39, 0.29) is 11.9 Å². The van der Waals surface area contributed by atoms with Crippen LogP contribution in [-0.2, 0) is 0 Å². The molecule has 90 valence electrons. The standard InChI is InChI=1S/C14H17NO2/c1-17-10-6-7-11-12(8-10)14(16)15-13(11)9-4-2-3-5-9/h6-9,13H,2-5H2,1H3,(H,15,16). The summed E-state index contributed by atoms with van der Waals surface area (Å²) >= 11 is 0. The summed E-state index contributed by atoms with van der Waals surface area (Å²) in [5, 5.41) is 3.12. The van der Waals surface area contributed by atoms with Crippen LogP contribution in [0.1, 0.15) is 47.6 Å². The minimum absolute atomic E-state index is 0.0517. The van der Waals surface area contributed by atoms with Gasteiger partial charge in [0.15, 0.2) is 0 Å². The second-order valence-electron chi connectivity index (χ2n) is 4.95. The maximum absolute atomic E-state index is 11.9. The van der Waals surface area contributed by atoms with Gasteiger partial charge in [-0.3, -0.25) is 4.79 Å². The first kappa shape index (κ1) is 10.6. The molecule has 0 spiro atoms. The van der Waals surface area contributed by atoms with Gasteiger partial charge in [0.1, 0.15) is 5.75 Å². The predicted molar refractivity (Wildman–Crippen MR) is 65.2 cm³/mol. The Labute approximate surface area is 101 Å². The number of amides is 1. The largest absolute Gasteiger partial charge is 0.497 e. The Kier molecular flexibility index (Phi) is 2.54. The Balaban J connectivity index is 1.96. The van der Waals surface area contributed by atoms with Gasteiger partial charge >= 0.3 is 0 Å². The van der Waals surface area contributed by atoms with Crippen molar-refractivity contribution in [1.29, 1.82) is 0 Å². The molecule has 1 aromatic rings. The molecule has 1 atom stereocenters. The molecule has 2 aliphatic rings. The lowest BCUT2D eigenvalue weighted by atomic mass is 9.92. The van der Waals surface area contributed by atoms with Crippen LogP contribution in [0, 0.1) is 5.92 Å². The third-order valence-corrected chi connectivity index (χ3v) is 4.00. The van der Waals surface area contributed by atoms with Gasteiger partial charge in [0, 0.05) is 5.56 Å². The molecule has 3 nitrogen and oxygen atoms in total. The van der Waals surface area contributed by atoms with Crippen LogP contribution in [0.4, 0.5) is 0 Å².